The van der Waals surface area contributed by atoms with Gasteiger partial charge in [-0.15, -0.1) is 0 Å². The van der Waals surface area contributed by atoms with Gasteiger partial charge in [0, 0.05) is 12.4 Å². The number of rotatable bonds is 2. The summed E-state index contributed by atoms with van der Waals surface area (Å²) in [6.07, 6.45) is 4.88. The second kappa shape index (κ2) is 8.43. The Balaban J connectivity index is 0.000000246. The monoisotopic (exact) mass is 354 g/mol. The highest BCUT2D eigenvalue weighted by atomic mass is 35.5. The van der Waals surface area contributed by atoms with Crippen molar-refractivity contribution in [2.45, 2.75) is 0 Å². The first-order valence-corrected chi connectivity index (χ1v) is 7.07. The van der Waals surface area contributed by atoms with E-state index in [1.807, 2.05) is 12.1 Å². The summed E-state index contributed by atoms with van der Waals surface area (Å²) >= 11 is 17.2. The highest BCUT2D eigenvalue weighted by molar-refractivity contribution is 6.33. The van der Waals surface area contributed by atoms with Crippen LogP contribution in [0, 0.1) is 0 Å². The van der Waals surface area contributed by atoms with Crippen LogP contribution in [0.15, 0.2) is 49.1 Å². The zero-order chi connectivity index (χ0) is 15.8. The van der Waals surface area contributed by atoms with Crippen molar-refractivity contribution in [1.29, 1.82) is 0 Å². The first-order valence-electron chi connectivity index (χ1n) is 5.94. The predicted octanol–water partition coefficient (Wildman–Crippen LogP) is 4.05. The van der Waals surface area contributed by atoms with Gasteiger partial charge in [-0.05, 0) is 41.4 Å². The zero-order valence-corrected chi connectivity index (χ0v) is 13.3. The molecule has 1 N–H and O–H groups in total. The topological polar surface area (TPSA) is 76.5 Å². The van der Waals surface area contributed by atoms with Gasteiger partial charge in [-0.1, -0.05) is 23.7 Å². The Morgan fingerprint density at radius 3 is 1.91 bits per heavy atom. The lowest BCUT2D eigenvalue weighted by Gasteiger charge is -2.06. The number of halogens is 3. The Morgan fingerprint density at radius 1 is 0.773 bits per heavy atom. The number of aromatic nitrogens is 5. The summed E-state index contributed by atoms with van der Waals surface area (Å²) in [7, 11) is 0. The number of hydrogen-bond acceptors (Lipinski definition) is 6. The molecule has 0 unspecified atom stereocenters. The molecule has 0 radical (unpaired) electrons. The van der Waals surface area contributed by atoms with Gasteiger partial charge in [-0.3, -0.25) is 0 Å². The minimum Gasteiger partial charge on any atom is -0.323 e. The quantitative estimate of drug-likeness (QED) is 0.747. The number of benzene rings is 1. The molecule has 6 nitrogen and oxygen atoms in total. The minimum absolute atomic E-state index is 0.0227. The van der Waals surface area contributed by atoms with Crippen LogP contribution in [0.25, 0.3) is 0 Å². The van der Waals surface area contributed by atoms with Crippen molar-refractivity contribution in [3.8, 4) is 0 Å². The second-order valence-electron chi connectivity index (χ2n) is 3.71. The fourth-order valence-corrected chi connectivity index (χ4v) is 1.86. The van der Waals surface area contributed by atoms with Crippen LogP contribution in [0.5, 0.6) is 0 Å². The third-order valence-corrected chi connectivity index (χ3v) is 2.85. The first kappa shape index (κ1) is 16.4. The molecule has 0 saturated heterocycles. The van der Waals surface area contributed by atoms with E-state index in [1.54, 1.807) is 30.6 Å². The molecule has 0 saturated carbocycles. The molecule has 0 atom stereocenters. The summed E-state index contributed by atoms with van der Waals surface area (Å²) in [6.45, 7) is 0. The Morgan fingerprint density at radius 2 is 1.41 bits per heavy atom. The van der Waals surface area contributed by atoms with E-state index in [2.05, 4.69) is 30.2 Å². The van der Waals surface area contributed by atoms with Gasteiger partial charge >= 0.3 is 0 Å². The van der Waals surface area contributed by atoms with E-state index >= 15 is 0 Å². The van der Waals surface area contributed by atoms with Gasteiger partial charge in [0.1, 0.15) is 6.33 Å². The van der Waals surface area contributed by atoms with Gasteiger partial charge in [-0.2, -0.15) is 15.0 Å². The lowest BCUT2D eigenvalue weighted by atomic mass is 10.3. The fraction of sp³-hybridized carbons (Fsp3) is 0. The van der Waals surface area contributed by atoms with Crippen molar-refractivity contribution in [3.05, 3.63) is 64.6 Å². The molecule has 3 aromatic rings. The number of nitrogens with zero attached hydrogens (tertiary/aromatic N) is 5. The van der Waals surface area contributed by atoms with Crippen LogP contribution in [0.3, 0.4) is 0 Å². The maximum absolute atomic E-state index is 5.95. The van der Waals surface area contributed by atoms with Crippen LogP contribution in [0.4, 0.5) is 11.6 Å². The van der Waals surface area contributed by atoms with E-state index in [9.17, 15) is 0 Å². The Hall–Kier alpha value is -2.02. The van der Waals surface area contributed by atoms with Crippen molar-refractivity contribution in [2.24, 2.45) is 0 Å². The van der Waals surface area contributed by atoms with Crippen molar-refractivity contribution in [1.82, 2.24) is 24.9 Å². The van der Waals surface area contributed by atoms with Crippen molar-refractivity contribution >= 4 is 46.4 Å². The van der Waals surface area contributed by atoms with Crippen molar-refractivity contribution in [3.63, 3.8) is 0 Å². The third kappa shape index (κ3) is 5.40. The van der Waals surface area contributed by atoms with Crippen LogP contribution < -0.4 is 5.32 Å². The molecule has 0 bridgehead atoms. The molecule has 22 heavy (non-hydrogen) atoms. The maximum Gasteiger partial charge on any atom is 0.232 e. The highest BCUT2D eigenvalue weighted by Gasteiger charge is 2.05. The average Bonchev–Trinajstić information content (AvgIpc) is 2.51. The van der Waals surface area contributed by atoms with E-state index in [1.165, 1.54) is 6.33 Å². The van der Waals surface area contributed by atoms with E-state index in [-0.39, 0.29) is 16.5 Å². The van der Waals surface area contributed by atoms with Gasteiger partial charge in [0.15, 0.2) is 0 Å². The number of anilines is 2. The summed E-state index contributed by atoms with van der Waals surface area (Å²) < 4.78 is 0. The lowest BCUT2D eigenvalue weighted by molar-refractivity contribution is 1.05. The molecule has 1 aromatic carbocycles. The van der Waals surface area contributed by atoms with E-state index < -0.39 is 0 Å². The Bertz CT molecular complexity index is 679. The number of nitrogens with one attached hydrogen (secondary N) is 1. The smallest absolute Gasteiger partial charge is 0.232 e. The molecular weight excluding hydrogens is 347 g/mol. The minimum atomic E-state index is 0.0227. The molecule has 2 aromatic heterocycles. The maximum atomic E-state index is 5.95. The van der Waals surface area contributed by atoms with Gasteiger partial charge in [0.05, 0.1) is 10.7 Å². The standard InChI is InChI=1S/C9H5Cl3N4.C4H4N2/c10-5-3-1-2-4-6(5)13-9-15-7(11)14-8(12)16-9;1-2-5-4-6-3-1/h1-4H,(H,13,14,15,16);1-4H. The fourth-order valence-electron chi connectivity index (χ4n) is 1.32. The first-order chi connectivity index (χ1) is 10.6. The van der Waals surface area contributed by atoms with Gasteiger partial charge in [0.25, 0.3) is 0 Å². The Labute approximate surface area is 141 Å². The lowest BCUT2D eigenvalue weighted by Crippen LogP contribution is -1.99. The predicted molar refractivity (Wildman–Crippen MR) is 86.6 cm³/mol. The molecule has 0 aliphatic rings. The summed E-state index contributed by atoms with van der Waals surface area (Å²) in [6, 6.07) is 8.96. The van der Waals surface area contributed by atoms with E-state index in [0.717, 1.165) is 0 Å². The summed E-state index contributed by atoms with van der Waals surface area (Å²) in [4.78, 5) is 18.7. The molecule has 9 heteroatoms. The summed E-state index contributed by atoms with van der Waals surface area (Å²) in [5.41, 5.74) is 0.669. The van der Waals surface area contributed by atoms with Crippen LogP contribution in [0.2, 0.25) is 15.6 Å². The molecule has 0 spiro atoms. The summed E-state index contributed by atoms with van der Waals surface area (Å²) in [5.74, 6) is 0.248. The molecular formula is C13H9Cl3N6. The molecule has 0 fully saturated rings. The largest absolute Gasteiger partial charge is 0.323 e. The molecule has 3 rings (SSSR count). The second-order valence-corrected chi connectivity index (χ2v) is 4.79. The molecule has 0 aliphatic carbocycles. The Kier molecular flexibility index (Phi) is 6.27. The third-order valence-electron chi connectivity index (χ3n) is 2.18. The van der Waals surface area contributed by atoms with Crippen LogP contribution in [-0.2, 0) is 0 Å². The van der Waals surface area contributed by atoms with Crippen molar-refractivity contribution in [2.75, 3.05) is 5.32 Å². The molecule has 112 valence electrons. The van der Waals surface area contributed by atoms with E-state index in [0.29, 0.717) is 10.7 Å². The van der Waals surface area contributed by atoms with Gasteiger partial charge < -0.3 is 5.32 Å². The zero-order valence-electron chi connectivity index (χ0n) is 11.0. The van der Waals surface area contributed by atoms with Crippen LogP contribution in [0.1, 0.15) is 0 Å². The van der Waals surface area contributed by atoms with Crippen molar-refractivity contribution < 1.29 is 0 Å². The molecule has 0 aliphatic heterocycles. The normalized spacial score (nSPS) is 9.59. The summed E-state index contributed by atoms with van der Waals surface area (Å²) in [5, 5.41) is 3.49. The van der Waals surface area contributed by atoms with E-state index in [4.69, 9.17) is 34.8 Å². The highest BCUT2D eigenvalue weighted by Crippen LogP contribution is 2.23. The average molecular weight is 356 g/mol. The van der Waals surface area contributed by atoms with Crippen LogP contribution >= 0.6 is 34.8 Å². The number of para-hydroxylation sites is 1. The molecule has 2 heterocycles. The van der Waals surface area contributed by atoms with Gasteiger partial charge in [-0.25, -0.2) is 9.97 Å². The van der Waals surface area contributed by atoms with Crippen LogP contribution in [-0.4, -0.2) is 24.9 Å². The number of hydrogen-bond donors (Lipinski definition) is 1. The molecule has 0 amide bonds. The van der Waals surface area contributed by atoms with Gasteiger partial charge in [0.2, 0.25) is 16.5 Å². The SMILES string of the molecule is Clc1nc(Cl)nc(Nc2ccccc2Cl)n1.c1cncnc1.